The van der Waals surface area contributed by atoms with Crippen LogP contribution in [0.4, 0.5) is 11.4 Å². The molecule has 1 aliphatic heterocycles. The molecule has 8 heteroatoms. The van der Waals surface area contributed by atoms with Crippen molar-refractivity contribution in [2.75, 3.05) is 12.0 Å². The van der Waals surface area contributed by atoms with E-state index in [9.17, 15) is 19.7 Å². The molecule has 1 aromatic heterocycles. The summed E-state index contributed by atoms with van der Waals surface area (Å²) in [4.78, 5) is 37.8. The van der Waals surface area contributed by atoms with Crippen LogP contribution in [0.15, 0.2) is 79.0 Å². The Balaban J connectivity index is 1.66. The number of β-lactam (4-membered cyclic amide) rings is 1. The average Bonchev–Trinajstić information content (AvgIpc) is 3.21. The lowest BCUT2D eigenvalue weighted by Crippen LogP contribution is -2.55. The van der Waals surface area contributed by atoms with Crippen molar-refractivity contribution in [2.24, 2.45) is 0 Å². The summed E-state index contributed by atoms with van der Waals surface area (Å²) in [5, 5.41) is 12.2. The third-order valence-electron chi connectivity index (χ3n) is 6.04. The summed E-state index contributed by atoms with van der Waals surface area (Å²) in [6.07, 6.45) is 2.45. The molecule has 5 rings (SSSR count). The number of fused-ring (bicyclic) bond motifs is 1. The molecule has 33 heavy (non-hydrogen) atoms. The number of benzene rings is 3. The molecule has 0 spiro atoms. The second-order valence-electron chi connectivity index (χ2n) is 7.77. The number of ether oxygens (including phenoxy) is 1. The second kappa shape index (κ2) is 7.90. The Hall–Kier alpha value is -4.46. The van der Waals surface area contributed by atoms with Crippen molar-refractivity contribution in [2.45, 2.75) is 12.1 Å². The van der Waals surface area contributed by atoms with Crippen molar-refractivity contribution in [3.8, 4) is 5.75 Å². The Bertz CT molecular complexity index is 1390. The van der Waals surface area contributed by atoms with E-state index in [0.29, 0.717) is 22.6 Å². The average molecular weight is 441 g/mol. The van der Waals surface area contributed by atoms with Crippen LogP contribution in [-0.2, 0) is 4.79 Å². The van der Waals surface area contributed by atoms with Crippen molar-refractivity contribution in [1.82, 2.24) is 4.57 Å². The molecule has 0 radical (unpaired) electrons. The molecule has 0 aliphatic carbocycles. The molecule has 1 aliphatic rings. The Morgan fingerprint density at radius 1 is 1.00 bits per heavy atom. The topological polar surface area (TPSA) is 94.7 Å². The molecule has 3 aromatic carbocycles. The maximum absolute atomic E-state index is 13.5. The summed E-state index contributed by atoms with van der Waals surface area (Å²) < 4.78 is 7.02. The number of nitro benzene ring substituents is 1. The standard InChI is InChI=1S/C25H19N3O5/c1-33-20-11-9-18(10-12-20)27-23(16-5-4-6-19(13-16)28(31)32)24(25(27)30)26-14-17(15-29)21-7-2-3-8-22(21)26/h2-15,23-24H,1H3. The van der Waals surface area contributed by atoms with Crippen molar-refractivity contribution < 1.29 is 19.2 Å². The molecule has 2 atom stereocenters. The summed E-state index contributed by atoms with van der Waals surface area (Å²) in [6.45, 7) is 0. The number of anilines is 1. The van der Waals surface area contributed by atoms with E-state index in [4.69, 9.17) is 4.74 Å². The van der Waals surface area contributed by atoms with Gasteiger partial charge in [-0.05, 0) is 35.9 Å². The Labute approximate surface area is 188 Å². The summed E-state index contributed by atoms with van der Waals surface area (Å²) in [7, 11) is 1.56. The summed E-state index contributed by atoms with van der Waals surface area (Å²) in [5.41, 5.74) is 2.48. The lowest BCUT2D eigenvalue weighted by atomic mass is 9.87. The fourth-order valence-electron chi connectivity index (χ4n) is 4.49. The molecule has 2 unspecified atom stereocenters. The number of nitro groups is 1. The number of methoxy groups -OCH3 is 1. The maximum atomic E-state index is 13.5. The monoisotopic (exact) mass is 441 g/mol. The number of hydrogen-bond donors (Lipinski definition) is 0. The van der Waals surface area contributed by atoms with Gasteiger partial charge in [-0.3, -0.25) is 19.7 Å². The Kier molecular flexibility index (Phi) is 4.90. The molecule has 8 nitrogen and oxygen atoms in total. The summed E-state index contributed by atoms with van der Waals surface area (Å²) in [5.74, 6) is 0.483. The van der Waals surface area contributed by atoms with E-state index in [2.05, 4.69) is 0 Å². The van der Waals surface area contributed by atoms with E-state index >= 15 is 0 Å². The van der Waals surface area contributed by atoms with E-state index in [1.54, 1.807) is 59.2 Å². The number of amides is 1. The first-order chi connectivity index (χ1) is 16.0. The van der Waals surface area contributed by atoms with Gasteiger partial charge in [0.15, 0.2) is 6.29 Å². The van der Waals surface area contributed by atoms with Gasteiger partial charge in [-0.1, -0.05) is 30.3 Å². The Morgan fingerprint density at radius 2 is 1.76 bits per heavy atom. The quantitative estimate of drug-likeness (QED) is 0.187. The number of carbonyl (C=O) groups excluding carboxylic acids is 2. The smallest absolute Gasteiger partial charge is 0.269 e. The fraction of sp³-hybridized carbons (Fsp3) is 0.120. The number of aromatic nitrogens is 1. The third kappa shape index (κ3) is 3.23. The van der Waals surface area contributed by atoms with Gasteiger partial charge in [-0.2, -0.15) is 0 Å². The summed E-state index contributed by atoms with van der Waals surface area (Å²) in [6, 6.07) is 19.6. The number of non-ortho nitro benzene ring substituents is 1. The molecule has 1 saturated heterocycles. The maximum Gasteiger partial charge on any atom is 0.269 e. The van der Waals surface area contributed by atoms with Gasteiger partial charge in [-0.25, -0.2) is 0 Å². The highest BCUT2D eigenvalue weighted by Gasteiger charge is 2.50. The summed E-state index contributed by atoms with van der Waals surface area (Å²) >= 11 is 0. The number of nitrogens with zero attached hydrogens (tertiary/aromatic N) is 3. The van der Waals surface area contributed by atoms with Crippen LogP contribution in [0.1, 0.15) is 28.0 Å². The zero-order chi connectivity index (χ0) is 23.1. The van der Waals surface area contributed by atoms with Crippen LogP contribution in [0.5, 0.6) is 5.75 Å². The molecule has 4 aromatic rings. The van der Waals surface area contributed by atoms with Gasteiger partial charge in [0, 0.05) is 40.5 Å². The van der Waals surface area contributed by atoms with Crippen LogP contribution in [-0.4, -0.2) is 28.8 Å². The van der Waals surface area contributed by atoms with Crippen molar-refractivity contribution in [1.29, 1.82) is 0 Å². The van der Waals surface area contributed by atoms with E-state index < -0.39 is 17.0 Å². The molecule has 0 bridgehead atoms. The van der Waals surface area contributed by atoms with Gasteiger partial charge in [0.1, 0.15) is 11.8 Å². The van der Waals surface area contributed by atoms with Gasteiger partial charge in [0.05, 0.1) is 18.1 Å². The molecular formula is C25H19N3O5. The van der Waals surface area contributed by atoms with Crippen LogP contribution in [0, 0.1) is 10.1 Å². The number of hydrogen-bond acceptors (Lipinski definition) is 5. The highest BCUT2D eigenvalue weighted by Crippen LogP contribution is 2.48. The van der Waals surface area contributed by atoms with Crippen LogP contribution in [0.3, 0.4) is 0 Å². The third-order valence-corrected chi connectivity index (χ3v) is 6.04. The second-order valence-corrected chi connectivity index (χ2v) is 7.77. The van der Waals surface area contributed by atoms with Crippen molar-refractivity contribution in [3.05, 3.63) is 100 Å². The Morgan fingerprint density at radius 3 is 2.45 bits per heavy atom. The van der Waals surface area contributed by atoms with E-state index in [1.165, 1.54) is 12.1 Å². The molecule has 0 N–H and O–H groups in total. The normalized spacial score (nSPS) is 17.6. The minimum atomic E-state index is -0.660. The van der Waals surface area contributed by atoms with Crippen molar-refractivity contribution in [3.63, 3.8) is 0 Å². The first-order valence-corrected chi connectivity index (χ1v) is 10.3. The number of aldehydes is 1. The highest BCUT2D eigenvalue weighted by atomic mass is 16.6. The molecule has 0 saturated carbocycles. The number of rotatable bonds is 6. The van der Waals surface area contributed by atoms with E-state index in [0.717, 1.165) is 17.2 Å². The van der Waals surface area contributed by atoms with Crippen LogP contribution in [0.2, 0.25) is 0 Å². The predicted molar refractivity (Wildman–Crippen MR) is 123 cm³/mol. The SMILES string of the molecule is COc1ccc(N2C(=O)C(n3cc(C=O)c4ccccc43)C2c2cccc([N+](=O)[O-])c2)cc1. The minimum Gasteiger partial charge on any atom is -0.497 e. The van der Waals surface area contributed by atoms with Crippen LogP contribution < -0.4 is 9.64 Å². The van der Waals surface area contributed by atoms with Gasteiger partial charge in [-0.15, -0.1) is 0 Å². The molecule has 164 valence electrons. The molecule has 2 heterocycles. The first-order valence-electron chi connectivity index (χ1n) is 10.3. The van der Waals surface area contributed by atoms with Gasteiger partial charge in [0.2, 0.25) is 0 Å². The lowest BCUT2D eigenvalue weighted by Gasteiger charge is -2.48. The highest BCUT2D eigenvalue weighted by molar-refractivity contribution is 6.06. The van der Waals surface area contributed by atoms with Crippen LogP contribution >= 0.6 is 0 Å². The minimum absolute atomic E-state index is 0.0498. The van der Waals surface area contributed by atoms with E-state index in [1.807, 2.05) is 24.3 Å². The van der Waals surface area contributed by atoms with Gasteiger partial charge >= 0.3 is 0 Å². The van der Waals surface area contributed by atoms with Gasteiger partial charge in [0.25, 0.3) is 11.6 Å². The molecule has 1 fully saturated rings. The van der Waals surface area contributed by atoms with Crippen molar-refractivity contribution >= 4 is 34.5 Å². The zero-order valence-electron chi connectivity index (χ0n) is 17.6. The number of carbonyl (C=O) groups is 2. The zero-order valence-corrected chi connectivity index (χ0v) is 17.6. The fourth-order valence-corrected chi connectivity index (χ4v) is 4.49. The predicted octanol–water partition coefficient (Wildman–Crippen LogP) is 4.70. The molecule has 1 amide bonds. The lowest BCUT2D eigenvalue weighted by molar-refractivity contribution is -0.384. The largest absolute Gasteiger partial charge is 0.497 e. The first kappa shape index (κ1) is 20.4. The number of para-hydroxylation sites is 1. The van der Waals surface area contributed by atoms with Gasteiger partial charge < -0.3 is 14.2 Å². The van der Waals surface area contributed by atoms with E-state index in [-0.39, 0.29) is 11.6 Å². The molecular weight excluding hydrogens is 422 g/mol. The van der Waals surface area contributed by atoms with Crippen LogP contribution in [0.25, 0.3) is 10.9 Å².